The number of nitrogens with one attached hydrogen (secondary N) is 1. The minimum Gasteiger partial charge on any atom is -0.325 e. The highest BCUT2D eigenvalue weighted by molar-refractivity contribution is 7.14. The number of hydrogen-bond acceptors (Lipinski definition) is 2. The van der Waals surface area contributed by atoms with Crippen LogP contribution in [0, 0.1) is 0 Å². The lowest BCUT2D eigenvalue weighted by atomic mass is 10.5. The van der Waals surface area contributed by atoms with Crippen LogP contribution in [0.5, 0.6) is 0 Å². The summed E-state index contributed by atoms with van der Waals surface area (Å²) in [4.78, 5) is 13.2. The molecule has 3 nitrogen and oxygen atoms in total. The number of hydrogen-bond donors (Lipinski definition) is 1. The van der Waals surface area contributed by atoms with E-state index in [-0.39, 0.29) is 6.03 Å². The standard InChI is InChI=1S/C9H14N2OS/c1-3-11(4-2)9(12)10-8-6-5-7-13-8/h5-7H,3-4H2,1-2H3,(H,10,12). The second-order valence-corrected chi connectivity index (χ2v) is 3.53. The Balaban J connectivity index is 2.49. The molecule has 2 amide bonds. The summed E-state index contributed by atoms with van der Waals surface area (Å²) in [5.74, 6) is 0. The van der Waals surface area contributed by atoms with Gasteiger partial charge in [0.05, 0.1) is 5.00 Å². The molecule has 4 heteroatoms. The Kier molecular flexibility index (Phi) is 3.76. The summed E-state index contributed by atoms with van der Waals surface area (Å²) < 4.78 is 0. The third-order valence-electron chi connectivity index (χ3n) is 1.80. The zero-order valence-corrected chi connectivity index (χ0v) is 8.73. The van der Waals surface area contributed by atoms with E-state index in [4.69, 9.17) is 0 Å². The Morgan fingerprint density at radius 3 is 2.69 bits per heavy atom. The van der Waals surface area contributed by atoms with Gasteiger partial charge in [-0.3, -0.25) is 5.32 Å². The number of carbonyl (C=O) groups is 1. The van der Waals surface area contributed by atoms with Gasteiger partial charge in [-0.25, -0.2) is 4.79 Å². The molecule has 13 heavy (non-hydrogen) atoms. The zero-order chi connectivity index (χ0) is 9.68. The van der Waals surface area contributed by atoms with Crippen LogP contribution in [-0.4, -0.2) is 24.0 Å². The minimum absolute atomic E-state index is 0.0209. The van der Waals surface area contributed by atoms with Crippen LogP contribution in [0.2, 0.25) is 0 Å². The van der Waals surface area contributed by atoms with Gasteiger partial charge >= 0.3 is 6.03 Å². The number of urea groups is 1. The summed E-state index contributed by atoms with van der Waals surface area (Å²) in [6.45, 7) is 5.43. The first-order valence-electron chi connectivity index (χ1n) is 4.37. The van der Waals surface area contributed by atoms with Crippen molar-refractivity contribution in [1.82, 2.24) is 4.90 Å². The molecule has 1 heterocycles. The largest absolute Gasteiger partial charge is 0.325 e. The van der Waals surface area contributed by atoms with Crippen LogP contribution in [0.3, 0.4) is 0 Å². The smallest absolute Gasteiger partial charge is 0.322 e. The SMILES string of the molecule is CCN(CC)C(=O)Nc1cccs1. The van der Waals surface area contributed by atoms with E-state index in [2.05, 4.69) is 5.32 Å². The molecule has 1 N–H and O–H groups in total. The number of rotatable bonds is 3. The van der Waals surface area contributed by atoms with Crippen LogP contribution in [-0.2, 0) is 0 Å². The Morgan fingerprint density at radius 1 is 1.54 bits per heavy atom. The molecule has 0 aliphatic carbocycles. The number of anilines is 1. The van der Waals surface area contributed by atoms with Gasteiger partial charge < -0.3 is 4.90 Å². The first-order valence-corrected chi connectivity index (χ1v) is 5.25. The highest BCUT2D eigenvalue weighted by atomic mass is 32.1. The molecule has 0 unspecified atom stereocenters. The lowest BCUT2D eigenvalue weighted by Crippen LogP contribution is -2.34. The molecule has 0 aliphatic heterocycles. The maximum absolute atomic E-state index is 11.5. The highest BCUT2D eigenvalue weighted by Gasteiger charge is 2.08. The fourth-order valence-corrected chi connectivity index (χ4v) is 1.65. The molecule has 1 aromatic heterocycles. The van der Waals surface area contributed by atoms with Gasteiger partial charge in [0.15, 0.2) is 0 Å². The molecule has 0 atom stereocenters. The predicted molar refractivity (Wildman–Crippen MR) is 56.3 cm³/mol. The van der Waals surface area contributed by atoms with E-state index in [1.54, 1.807) is 4.90 Å². The Bertz CT molecular complexity index is 255. The molecule has 1 rings (SSSR count). The van der Waals surface area contributed by atoms with E-state index in [9.17, 15) is 4.79 Å². The Labute approximate surface area is 82.4 Å². The van der Waals surface area contributed by atoms with Crippen molar-refractivity contribution in [2.75, 3.05) is 18.4 Å². The van der Waals surface area contributed by atoms with Crippen LogP contribution < -0.4 is 5.32 Å². The average molecular weight is 198 g/mol. The summed E-state index contributed by atoms with van der Waals surface area (Å²) in [6, 6.07) is 3.79. The van der Waals surface area contributed by atoms with Crippen LogP contribution in [0.4, 0.5) is 9.80 Å². The van der Waals surface area contributed by atoms with E-state index >= 15 is 0 Å². The predicted octanol–water partition coefficient (Wildman–Crippen LogP) is 2.62. The van der Waals surface area contributed by atoms with E-state index in [0.29, 0.717) is 0 Å². The van der Waals surface area contributed by atoms with Gasteiger partial charge in [-0.1, -0.05) is 0 Å². The molecule has 0 saturated heterocycles. The normalized spacial score (nSPS) is 9.69. The van der Waals surface area contributed by atoms with Gasteiger partial charge in [-0.05, 0) is 31.4 Å². The monoisotopic (exact) mass is 198 g/mol. The average Bonchev–Trinajstić information content (AvgIpc) is 2.59. The maximum atomic E-state index is 11.5. The molecule has 0 fully saturated rings. The van der Waals surface area contributed by atoms with Crippen molar-refractivity contribution in [3.63, 3.8) is 0 Å². The quantitative estimate of drug-likeness (QED) is 0.795. The fourth-order valence-electron chi connectivity index (χ4n) is 1.04. The van der Waals surface area contributed by atoms with Gasteiger partial charge in [0.1, 0.15) is 0 Å². The van der Waals surface area contributed by atoms with Crippen molar-refractivity contribution in [3.8, 4) is 0 Å². The third-order valence-corrected chi connectivity index (χ3v) is 2.59. The molecular weight excluding hydrogens is 184 g/mol. The van der Waals surface area contributed by atoms with Gasteiger partial charge in [0.2, 0.25) is 0 Å². The van der Waals surface area contributed by atoms with Gasteiger partial charge in [-0.2, -0.15) is 0 Å². The first-order chi connectivity index (χ1) is 6.27. The number of thiophene rings is 1. The molecule has 0 radical (unpaired) electrons. The van der Waals surface area contributed by atoms with Crippen molar-refractivity contribution in [2.45, 2.75) is 13.8 Å². The molecule has 1 aromatic rings. The van der Waals surface area contributed by atoms with Gasteiger partial charge in [0.25, 0.3) is 0 Å². The topological polar surface area (TPSA) is 32.3 Å². The van der Waals surface area contributed by atoms with Crippen molar-refractivity contribution in [1.29, 1.82) is 0 Å². The summed E-state index contributed by atoms with van der Waals surface area (Å²) >= 11 is 1.53. The third kappa shape index (κ3) is 2.73. The number of carbonyl (C=O) groups excluding carboxylic acids is 1. The molecule has 0 bridgehead atoms. The van der Waals surface area contributed by atoms with Crippen molar-refractivity contribution >= 4 is 22.4 Å². The molecule has 0 aliphatic rings. The molecule has 0 spiro atoms. The van der Waals surface area contributed by atoms with Crippen LogP contribution in [0.1, 0.15) is 13.8 Å². The Morgan fingerprint density at radius 2 is 2.23 bits per heavy atom. The van der Waals surface area contributed by atoms with Crippen LogP contribution >= 0.6 is 11.3 Å². The zero-order valence-electron chi connectivity index (χ0n) is 7.91. The maximum Gasteiger partial charge on any atom is 0.322 e. The van der Waals surface area contributed by atoms with Gasteiger partial charge in [-0.15, -0.1) is 11.3 Å². The second-order valence-electron chi connectivity index (χ2n) is 2.58. The summed E-state index contributed by atoms with van der Waals surface area (Å²) in [6.07, 6.45) is 0. The second kappa shape index (κ2) is 4.87. The number of amides is 2. The lowest BCUT2D eigenvalue weighted by molar-refractivity contribution is 0.217. The number of nitrogens with zero attached hydrogens (tertiary/aromatic N) is 1. The van der Waals surface area contributed by atoms with E-state index < -0.39 is 0 Å². The lowest BCUT2D eigenvalue weighted by Gasteiger charge is -2.18. The summed E-state index contributed by atoms with van der Waals surface area (Å²) in [5.41, 5.74) is 0. The van der Waals surface area contributed by atoms with E-state index in [1.807, 2.05) is 31.4 Å². The first kappa shape index (κ1) is 10.1. The molecule has 0 aromatic carbocycles. The summed E-state index contributed by atoms with van der Waals surface area (Å²) in [5, 5.41) is 5.67. The van der Waals surface area contributed by atoms with E-state index in [1.165, 1.54) is 11.3 Å². The van der Waals surface area contributed by atoms with E-state index in [0.717, 1.165) is 18.1 Å². The Hall–Kier alpha value is -1.03. The van der Waals surface area contributed by atoms with Crippen LogP contribution in [0.15, 0.2) is 17.5 Å². The van der Waals surface area contributed by atoms with Crippen LogP contribution in [0.25, 0.3) is 0 Å². The van der Waals surface area contributed by atoms with Gasteiger partial charge in [0, 0.05) is 13.1 Å². The van der Waals surface area contributed by atoms with Crippen molar-refractivity contribution in [2.24, 2.45) is 0 Å². The summed E-state index contributed by atoms with van der Waals surface area (Å²) in [7, 11) is 0. The molecular formula is C9H14N2OS. The minimum atomic E-state index is -0.0209. The van der Waals surface area contributed by atoms with Crippen molar-refractivity contribution in [3.05, 3.63) is 17.5 Å². The molecule has 0 saturated carbocycles. The highest BCUT2D eigenvalue weighted by Crippen LogP contribution is 2.15. The van der Waals surface area contributed by atoms with Crippen molar-refractivity contribution < 1.29 is 4.79 Å². The fraction of sp³-hybridized carbons (Fsp3) is 0.444. The molecule has 72 valence electrons.